The number of hydrogen-bond donors (Lipinski definition) is 2. The fourth-order valence-corrected chi connectivity index (χ4v) is 5.43. The Labute approximate surface area is 243 Å². The van der Waals surface area contributed by atoms with E-state index in [0.717, 1.165) is 22.5 Å². The molecular weight excluding hydrogens is 562 g/mol. The normalized spacial score (nSPS) is 11.4. The number of halogens is 1. The van der Waals surface area contributed by atoms with Crippen molar-refractivity contribution in [3.05, 3.63) is 95.1 Å². The van der Waals surface area contributed by atoms with E-state index in [1.165, 1.54) is 6.26 Å². The van der Waals surface area contributed by atoms with E-state index >= 15 is 0 Å². The van der Waals surface area contributed by atoms with Crippen molar-refractivity contribution >= 4 is 67.5 Å². The van der Waals surface area contributed by atoms with Crippen LogP contribution in [0.25, 0.3) is 11.0 Å². The zero-order valence-electron chi connectivity index (χ0n) is 22.7. The molecular formula is C29H28ClN7O3S. The molecule has 0 unspecified atom stereocenters. The highest BCUT2D eigenvalue weighted by molar-refractivity contribution is 7.89. The number of sulfone groups is 1. The van der Waals surface area contributed by atoms with Gasteiger partial charge in [-0.25, -0.2) is 18.4 Å². The molecule has 0 bridgehead atoms. The van der Waals surface area contributed by atoms with E-state index < -0.39 is 9.84 Å². The number of aryl methyl sites for hydroxylation is 1. The van der Waals surface area contributed by atoms with Gasteiger partial charge in [0.25, 0.3) is 0 Å². The van der Waals surface area contributed by atoms with Crippen molar-refractivity contribution in [1.29, 1.82) is 0 Å². The fraction of sp³-hybridized carbons (Fsp3) is 0.172. The van der Waals surface area contributed by atoms with Crippen LogP contribution in [0, 0.1) is 0 Å². The Morgan fingerprint density at radius 2 is 1.76 bits per heavy atom. The smallest absolute Gasteiger partial charge is 0.231 e. The number of nitrogens with one attached hydrogen (secondary N) is 2. The van der Waals surface area contributed by atoms with Crippen molar-refractivity contribution in [2.75, 3.05) is 28.8 Å². The molecule has 1 amide bonds. The number of para-hydroxylation sites is 1. The Balaban J connectivity index is 1.35. The molecule has 2 aromatic heterocycles. The maximum Gasteiger partial charge on any atom is 0.231 e. The van der Waals surface area contributed by atoms with E-state index in [4.69, 9.17) is 16.6 Å². The number of anilines is 5. The number of hydrogen-bond acceptors (Lipinski definition) is 8. The van der Waals surface area contributed by atoms with E-state index in [0.29, 0.717) is 33.8 Å². The van der Waals surface area contributed by atoms with Gasteiger partial charge in [0, 0.05) is 37.3 Å². The lowest BCUT2D eigenvalue weighted by Gasteiger charge is -2.19. The summed E-state index contributed by atoms with van der Waals surface area (Å²) in [5, 5.41) is 6.65. The van der Waals surface area contributed by atoms with Gasteiger partial charge in [0.1, 0.15) is 11.3 Å². The van der Waals surface area contributed by atoms with Crippen LogP contribution < -0.4 is 15.5 Å². The third-order valence-corrected chi connectivity index (χ3v) is 7.47. The van der Waals surface area contributed by atoms with Gasteiger partial charge in [0.05, 0.1) is 23.4 Å². The van der Waals surface area contributed by atoms with Gasteiger partial charge >= 0.3 is 0 Å². The van der Waals surface area contributed by atoms with E-state index in [1.807, 2.05) is 53.9 Å². The number of amides is 1. The van der Waals surface area contributed by atoms with Gasteiger partial charge in [0.2, 0.25) is 17.8 Å². The van der Waals surface area contributed by atoms with E-state index in [1.54, 1.807) is 48.7 Å². The summed E-state index contributed by atoms with van der Waals surface area (Å²) >= 11 is 6.06. The molecule has 41 heavy (non-hydrogen) atoms. The summed E-state index contributed by atoms with van der Waals surface area (Å²) in [5.41, 5.74) is 4.58. The number of rotatable bonds is 9. The van der Waals surface area contributed by atoms with Crippen LogP contribution in [0.1, 0.15) is 11.1 Å². The second kappa shape index (κ2) is 11.6. The van der Waals surface area contributed by atoms with Crippen LogP contribution in [-0.2, 0) is 33.9 Å². The summed E-state index contributed by atoms with van der Waals surface area (Å²) in [7, 11) is 0.621. The van der Waals surface area contributed by atoms with Crippen molar-refractivity contribution in [1.82, 2.24) is 19.5 Å². The average molecular weight is 590 g/mol. The summed E-state index contributed by atoms with van der Waals surface area (Å²) in [6.07, 6.45) is 3.03. The maximum absolute atomic E-state index is 12.8. The lowest BCUT2D eigenvalue weighted by atomic mass is 10.1. The Bertz CT molecular complexity index is 1840. The average Bonchev–Trinajstić information content (AvgIpc) is 3.23. The molecule has 12 heteroatoms. The minimum atomic E-state index is -3.11. The summed E-state index contributed by atoms with van der Waals surface area (Å²) in [4.78, 5) is 28.4. The number of fused-ring (bicyclic) bond motifs is 1. The molecule has 0 fully saturated rings. The first-order valence-corrected chi connectivity index (χ1v) is 15.1. The highest BCUT2D eigenvalue weighted by atomic mass is 35.5. The monoisotopic (exact) mass is 589 g/mol. The van der Waals surface area contributed by atoms with Crippen LogP contribution in [-0.4, -0.2) is 47.1 Å². The number of benzene rings is 3. The van der Waals surface area contributed by atoms with E-state index in [9.17, 15) is 13.2 Å². The molecule has 5 rings (SSSR count). The van der Waals surface area contributed by atoms with Crippen LogP contribution in [0.2, 0.25) is 5.02 Å². The van der Waals surface area contributed by atoms with E-state index in [-0.39, 0.29) is 18.1 Å². The molecule has 0 saturated heterocycles. The van der Waals surface area contributed by atoms with Crippen LogP contribution in [0.4, 0.5) is 29.1 Å². The van der Waals surface area contributed by atoms with Crippen molar-refractivity contribution in [2.45, 2.75) is 12.2 Å². The molecule has 0 saturated carbocycles. The molecule has 0 radical (unpaired) electrons. The third kappa shape index (κ3) is 6.82. The molecule has 5 aromatic rings. The fourth-order valence-electron chi connectivity index (χ4n) is 4.42. The third-order valence-electron chi connectivity index (χ3n) is 6.38. The summed E-state index contributed by atoms with van der Waals surface area (Å²) in [6, 6.07) is 21.9. The predicted molar refractivity (Wildman–Crippen MR) is 163 cm³/mol. The number of aromatic nitrogens is 4. The molecule has 2 heterocycles. The summed E-state index contributed by atoms with van der Waals surface area (Å²) in [6.45, 7) is 0. The molecule has 2 N–H and O–H groups in total. The molecule has 0 aliphatic heterocycles. The molecule has 10 nitrogen and oxygen atoms in total. The molecule has 0 spiro atoms. The number of imidazole rings is 1. The Kier molecular flexibility index (Phi) is 7.91. The summed E-state index contributed by atoms with van der Waals surface area (Å²) in [5.74, 6) is 1.22. The van der Waals surface area contributed by atoms with E-state index in [2.05, 4.69) is 20.6 Å². The number of nitrogens with zero attached hydrogens (tertiary/aromatic N) is 5. The SMILES string of the molecule is CN(c1ccnc(Nc2ccc(CS(C)(=O)=O)cc2)n1)c1cccc2c1nc(NC(=O)Cc1cccc(Cl)c1)n2C. The van der Waals surface area contributed by atoms with Crippen molar-refractivity contribution < 1.29 is 13.2 Å². The Hall–Kier alpha value is -4.48. The second-order valence-electron chi connectivity index (χ2n) is 9.68. The number of carbonyl (C=O) groups excluding carboxylic acids is 1. The Morgan fingerprint density at radius 1 is 1.00 bits per heavy atom. The summed E-state index contributed by atoms with van der Waals surface area (Å²) < 4.78 is 24.9. The topological polar surface area (TPSA) is 122 Å². The minimum absolute atomic E-state index is 0.0174. The quantitative estimate of drug-likeness (QED) is 0.239. The highest BCUT2D eigenvalue weighted by Gasteiger charge is 2.17. The van der Waals surface area contributed by atoms with Crippen LogP contribution >= 0.6 is 11.6 Å². The molecule has 3 aromatic carbocycles. The van der Waals surface area contributed by atoms with Gasteiger partial charge in [-0.2, -0.15) is 4.98 Å². The van der Waals surface area contributed by atoms with Gasteiger partial charge in [-0.3, -0.25) is 10.1 Å². The van der Waals surface area contributed by atoms with Gasteiger partial charge in [0.15, 0.2) is 9.84 Å². The zero-order chi connectivity index (χ0) is 29.1. The van der Waals surface area contributed by atoms with Crippen LogP contribution in [0.15, 0.2) is 79.0 Å². The van der Waals surface area contributed by atoms with Gasteiger partial charge in [-0.1, -0.05) is 41.9 Å². The first-order valence-electron chi connectivity index (χ1n) is 12.7. The highest BCUT2D eigenvalue weighted by Crippen LogP contribution is 2.31. The molecule has 0 aliphatic rings. The second-order valence-corrected chi connectivity index (χ2v) is 12.3. The molecule has 0 atom stereocenters. The van der Waals surface area contributed by atoms with Crippen molar-refractivity contribution in [3.8, 4) is 0 Å². The first kappa shape index (κ1) is 28.1. The first-order chi connectivity index (χ1) is 19.6. The van der Waals surface area contributed by atoms with Crippen molar-refractivity contribution in [3.63, 3.8) is 0 Å². The van der Waals surface area contributed by atoms with Crippen LogP contribution in [0.3, 0.4) is 0 Å². The number of carbonyl (C=O) groups is 1. The molecule has 0 aliphatic carbocycles. The van der Waals surface area contributed by atoms with Crippen LogP contribution in [0.5, 0.6) is 0 Å². The Morgan fingerprint density at radius 3 is 2.49 bits per heavy atom. The molecule has 210 valence electrons. The minimum Gasteiger partial charge on any atom is -0.327 e. The lowest BCUT2D eigenvalue weighted by Crippen LogP contribution is -2.17. The van der Waals surface area contributed by atoms with Crippen molar-refractivity contribution in [2.24, 2.45) is 7.05 Å². The van der Waals surface area contributed by atoms with Gasteiger partial charge < -0.3 is 14.8 Å². The predicted octanol–water partition coefficient (Wildman–Crippen LogP) is 5.25. The van der Waals surface area contributed by atoms with Gasteiger partial charge in [-0.05, 0) is 53.6 Å². The van der Waals surface area contributed by atoms with Gasteiger partial charge in [-0.15, -0.1) is 0 Å². The maximum atomic E-state index is 12.8. The largest absolute Gasteiger partial charge is 0.327 e. The zero-order valence-corrected chi connectivity index (χ0v) is 24.2. The lowest BCUT2D eigenvalue weighted by molar-refractivity contribution is -0.115. The standard InChI is InChI=1S/C29H28ClN7O3S/c1-36(25-14-15-31-28(33-25)32-22-12-10-19(11-13-22)18-41(3,39)40)23-8-5-9-24-27(23)35-29(37(24)2)34-26(38)17-20-6-4-7-21(30)16-20/h4-16H,17-18H2,1-3H3,(H,31,32,33)(H,34,35,38).